The Kier molecular flexibility index (Phi) is 5.53. The number of rotatable bonds is 6. The summed E-state index contributed by atoms with van der Waals surface area (Å²) in [5, 5.41) is 16.5. The van der Waals surface area contributed by atoms with E-state index in [9.17, 15) is 9.59 Å². The van der Waals surface area contributed by atoms with Crippen molar-refractivity contribution in [3.8, 4) is 0 Å². The average Bonchev–Trinajstić information content (AvgIpc) is 2.94. The van der Waals surface area contributed by atoms with E-state index in [4.69, 9.17) is 21.2 Å². The minimum atomic E-state index is -0.738. The number of amides is 2. The maximum atomic E-state index is 13.0. The van der Waals surface area contributed by atoms with E-state index in [0.717, 1.165) is 16.8 Å². The van der Waals surface area contributed by atoms with Gasteiger partial charge in [0.2, 0.25) is 11.8 Å². The third kappa shape index (κ3) is 3.99. The number of carbonyl (C=O) groups is 2. The molecule has 144 valence electrons. The number of benzene rings is 1. The van der Waals surface area contributed by atoms with Crippen molar-refractivity contribution in [2.45, 2.75) is 26.8 Å². The fourth-order valence-corrected chi connectivity index (χ4v) is 3.53. The average molecular weight is 392 g/mol. The van der Waals surface area contributed by atoms with E-state index < -0.39 is 12.0 Å². The number of aryl methyl sites for hydroxylation is 2. The molecular weight excluding hydrogens is 370 g/mol. The zero-order valence-electron chi connectivity index (χ0n) is 15.3. The second-order valence-electron chi connectivity index (χ2n) is 6.98. The lowest BCUT2D eigenvalue weighted by molar-refractivity contribution is -0.155. The Hall–Kier alpha value is -2.38. The predicted molar refractivity (Wildman–Crippen MR) is 99.1 cm³/mol. The summed E-state index contributed by atoms with van der Waals surface area (Å²) < 4.78 is 5.13. The van der Waals surface area contributed by atoms with Crippen molar-refractivity contribution in [1.29, 1.82) is 0 Å². The zero-order valence-corrected chi connectivity index (χ0v) is 16.0. The summed E-state index contributed by atoms with van der Waals surface area (Å²) >= 11 is 5.94. The van der Waals surface area contributed by atoms with Crippen LogP contribution in [0.1, 0.15) is 22.6 Å². The summed E-state index contributed by atoms with van der Waals surface area (Å²) in [5.74, 6) is 0.157. The van der Waals surface area contributed by atoms with Crippen LogP contribution in [-0.4, -0.2) is 46.7 Å². The number of aromatic nitrogens is 1. The second kappa shape index (κ2) is 7.70. The Morgan fingerprint density at radius 2 is 1.96 bits per heavy atom. The van der Waals surface area contributed by atoms with Crippen molar-refractivity contribution in [2.24, 2.45) is 5.41 Å². The highest BCUT2D eigenvalue weighted by molar-refractivity contribution is 6.30. The van der Waals surface area contributed by atoms with Crippen molar-refractivity contribution in [3.63, 3.8) is 0 Å². The summed E-state index contributed by atoms with van der Waals surface area (Å²) in [7, 11) is 0. The van der Waals surface area contributed by atoms with Crippen LogP contribution in [0.2, 0.25) is 5.02 Å². The molecule has 27 heavy (non-hydrogen) atoms. The predicted octanol–water partition coefficient (Wildman–Crippen LogP) is 1.62. The molecule has 2 aromatic rings. The van der Waals surface area contributed by atoms with Gasteiger partial charge in [0.1, 0.15) is 12.4 Å². The standard InChI is InChI=1S/C19H22ClN3O4/c1-12-16(13(2)27-22-12)8-21-18(26)19(10-23(11-19)17(25)9-24)7-14-3-5-15(20)6-4-14/h3-6,24H,7-11H2,1-2H3,(H,21,26). The zero-order chi connectivity index (χ0) is 19.6. The molecule has 0 bridgehead atoms. The highest BCUT2D eigenvalue weighted by Gasteiger charge is 2.50. The monoisotopic (exact) mass is 391 g/mol. The molecule has 1 aliphatic heterocycles. The maximum absolute atomic E-state index is 13.0. The van der Waals surface area contributed by atoms with Crippen LogP contribution < -0.4 is 5.32 Å². The molecule has 1 saturated heterocycles. The van der Waals surface area contributed by atoms with Gasteiger partial charge in [0, 0.05) is 30.2 Å². The summed E-state index contributed by atoms with van der Waals surface area (Å²) in [5.41, 5.74) is 1.82. The molecule has 2 heterocycles. The van der Waals surface area contributed by atoms with Crippen LogP contribution in [0, 0.1) is 19.3 Å². The summed E-state index contributed by atoms with van der Waals surface area (Å²) in [6.45, 7) is 3.92. The smallest absolute Gasteiger partial charge is 0.248 e. The van der Waals surface area contributed by atoms with Crippen LogP contribution in [0.15, 0.2) is 28.8 Å². The molecule has 0 saturated carbocycles. The van der Waals surface area contributed by atoms with Crippen molar-refractivity contribution >= 4 is 23.4 Å². The van der Waals surface area contributed by atoms with Crippen LogP contribution in [0.3, 0.4) is 0 Å². The van der Waals surface area contributed by atoms with Gasteiger partial charge in [-0.2, -0.15) is 0 Å². The fourth-order valence-electron chi connectivity index (χ4n) is 3.40. The Labute approximate surface area is 162 Å². The third-order valence-corrected chi connectivity index (χ3v) is 5.27. The van der Waals surface area contributed by atoms with E-state index in [0.29, 0.717) is 23.7 Å². The van der Waals surface area contributed by atoms with Gasteiger partial charge in [-0.25, -0.2) is 0 Å². The maximum Gasteiger partial charge on any atom is 0.248 e. The lowest BCUT2D eigenvalue weighted by Gasteiger charge is -2.48. The number of carbonyl (C=O) groups excluding carboxylic acids is 2. The molecule has 2 amide bonds. The second-order valence-corrected chi connectivity index (χ2v) is 7.41. The van der Waals surface area contributed by atoms with Gasteiger partial charge in [-0.05, 0) is 38.0 Å². The Balaban J connectivity index is 1.74. The molecule has 0 radical (unpaired) electrons. The van der Waals surface area contributed by atoms with Gasteiger partial charge in [0.15, 0.2) is 0 Å². The summed E-state index contributed by atoms with van der Waals surface area (Å²) in [4.78, 5) is 26.2. The van der Waals surface area contributed by atoms with E-state index in [2.05, 4.69) is 10.5 Å². The lowest BCUT2D eigenvalue weighted by Crippen LogP contribution is -2.66. The number of halogens is 1. The molecule has 0 aliphatic carbocycles. The van der Waals surface area contributed by atoms with E-state index in [1.165, 1.54) is 4.90 Å². The first-order valence-corrected chi connectivity index (χ1v) is 9.05. The normalized spacial score (nSPS) is 15.3. The fraction of sp³-hybridized carbons (Fsp3) is 0.421. The first kappa shape index (κ1) is 19.4. The number of nitrogens with zero attached hydrogens (tertiary/aromatic N) is 2. The lowest BCUT2D eigenvalue weighted by atomic mass is 9.73. The Morgan fingerprint density at radius 1 is 1.30 bits per heavy atom. The van der Waals surface area contributed by atoms with E-state index in [-0.39, 0.29) is 24.9 Å². The number of aliphatic hydroxyl groups is 1. The topological polar surface area (TPSA) is 95.7 Å². The van der Waals surface area contributed by atoms with Crippen molar-refractivity contribution in [3.05, 3.63) is 51.9 Å². The van der Waals surface area contributed by atoms with Crippen LogP contribution in [0.4, 0.5) is 0 Å². The molecule has 1 aromatic carbocycles. The van der Waals surface area contributed by atoms with Gasteiger partial charge in [-0.1, -0.05) is 28.9 Å². The molecule has 0 unspecified atom stereocenters. The number of nitrogens with one attached hydrogen (secondary N) is 1. The van der Waals surface area contributed by atoms with E-state index in [1.54, 1.807) is 19.1 Å². The number of likely N-dealkylation sites (tertiary alicyclic amines) is 1. The molecular formula is C19H22ClN3O4. The molecule has 0 spiro atoms. The van der Waals surface area contributed by atoms with Crippen molar-refractivity contribution in [1.82, 2.24) is 15.4 Å². The van der Waals surface area contributed by atoms with Crippen LogP contribution in [0.25, 0.3) is 0 Å². The Bertz CT molecular complexity index is 822. The molecule has 8 heteroatoms. The van der Waals surface area contributed by atoms with Gasteiger partial charge in [0.05, 0.1) is 11.1 Å². The van der Waals surface area contributed by atoms with Gasteiger partial charge in [-0.15, -0.1) is 0 Å². The third-order valence-electron chi connectivity index (χ3n) is 5.02. The molecule has 2 N–H and O–H groups in total. The van der Waals surface area contributed by atoms with Crippen LogP contribution >= 0.6 is 11.6 Å². The number of hydrogen-bond acceptors (Lipinski definition) is 5. The Morgan fingerprint density at radius 3 is 2.52 bits per heavy atom. The molecule has 1 fully saturated rings. The van der Waals surface area contributed by atoms with Gasteiger partial charge >= 0.3 is 0 Å². The molecule has 3 rings (SSSR count). The summed E-state index contributed by atoms with van der Waals surface area (Å²) in [6, 6.07) is 7.31. The quantitative estimate of drug-likeness (QED) is 0.780. The van der Waals surface area contributed by atoms with Gasteiger partial charge in [0.25, 0.3) is 0 Å². The largest absolute Gasteiger partial charge is 0.387 e. The van der Waals surface area contributed by atoms with Crippen molar-refractivity contribution < 1.29 is 19.2 Å². The van der Waals surface area contributed by atoms with Crippen LogP contribution in [-0.2, 0) is 22.6 Å². The van der Waals surface area contributed by atoms with E-state index in [1.807, 2.05) is 19.1 Å². The minimum Gasteiger partial charge on any atom is -0.387 e. The molecule has 7 nitrogen and oxygen atoms in total. The van der Waals surface area contributed by atoms with E-state index >= 15 is 0 Å². The van der Waals surface area contributed by atoms with Gasteiger partial charge < -0.3 is 19.8 Å². The SMILES string of the molecule is Cc1noc(C)c1CNC(=O)C1(Cc2ccc(Cl)cc2)CN(C(=O)CO)C1. The van der Waals surface area contributed by atoms with Gasteiger partial charge in [-0.3, -0.25) is 9.59 Å². The number of aliphatic hydroxyl groups excluding tert-OH is 1. The van der Waals surface area contributed by atoms with Crippen molar-refractivity contribution in [2.75, 3.05) is 19.7 Å². The minimum absolute atomic E-state index is 0.139. The molecule has 1 aromatic heterocycles. The highest BCUT2D eigenvalue weighted by atomic mass is 35.5. The molecule has 1 aliphatic rings. The molecule has 0 atom stereocenters. The first-order valence-electron chi connectivity index (χ1n) is 8.68. The highest BCUT2D eigenvalue weighted by Crippen LogP contribution is 2.35. The summed E-state index contributed by atoms with van der Waals surface area (Å²) in [6.07, 6.45) is 0.479. The number of hydrogen-bond donors (Lipinski definition) is 2. The first-order chi connectivity index (χ1) is 12.8. The van der Waals surface area contributed by atoms with Crippen LogP contribution in [0.5, 0.6) is 0 Å².